The molecule has 4 aromatic rings. The number of ether oxygens (including phenoxy) is 2. The van der Waals surface area contributed by atoms with E-state index in [1.165, 1.54) is 0 Å². The van der Waals surface area contributed by atoms with Crippen molar-refractivity contribution in [1.29, 1.82) is 0 Å². The summed E-state index contributed by atoms with van der Waals surface area (Å²) >= 11 is 0. The highest BCUT2D eigenvalue weighted by Gasteiger charge is 2.41. The van der Waals surface area contributed by atoms with Gasteiger partial charge in [-0.2, -0.15) is 0 Å². The van der Waals surface area contributed by atoms with Crippen molar-refractivity contribution in [3.05, 3.63) is 131 Å². The van der Waals surface area contributed by atoms with Gasteiger partial charge in [0.25, 0.3) is 0 Å². The van der Waals surface area contributed by atoms with E-state index in [2.05, 4.69) is 43.4 Å². The van der Waals surface area contributed by atoms with Crippen LogP contribution in [0.5, 0.6) is 11.5 Å². The van der Waals surface area contributed by atoms with Crippen molar-refractivity contribution >= 4 is 11.6 Å². The van der Waals surface area contributed by atoms with Crippen LogP contribution in [0.25, 0.3) is 0 Å². The van der Waals surface area contributed by atoms with Crippen molar-refractivity contribution in [1.82, 2.24) is 5.32 Å². The lowest BCUT2D eigenvalue weighted by Crippen LogP contribution is -2.48. The van der Waals surface area contributed by atoms with Gasteiger partial charge in [0.05, 0.1) is 14.2 Å². The van der Waals surface area contributed by atoms with Crippen LogP contribution >= 0.6 is 0 Å². The summed E-state index contributed by atoms with van der Waals surface area (Å²) in [7, 11) is 3.24. The van der Waals surface area contributed by atoms with Crippen LogP contribution in [0.4, 0.5) is 0 Å². The highest BCUT2D eigenvalue weighted by molar-refractivity contribution is 6.02. The van der Waals surface area contributed by atoms with E-state index in [9.17, 15) is 9.59 Å². The number of carbonyl (C=O) groups is 2. The third-order valence-corrected chi connectivity index (χ3v) is 8.72. The first-order valence-corrected chi connectivity index (χ1v) is 15.0. The molecule has 4 rings (SSSR count). The maximum Gasteiger partial charge on any atom is 0.170 e. The van der Waals surface area contributed by atoms with Crippen LogP contribution in [-0.2, 0) is 12.8 Å². The molecule has 0 fully saturated rings. The Hall–Kier alpha value is -4.22. The Kier molecular flexibility index (Phi) is 10.9. The van der Waals surface area contributed by atoms with Gasteiger partial charge in [-0.05, 0) is 85.3 Å². The third kappa shape index (κ3) is 7.60. The van der Waals surface area contributed by atoms with Gasteiger partial charge in [-0.15, -0.1) is 0 Å². The topological polar surface area (TPSA) is 64.6 Å². The maximum atomic E-state index is 14.3. The van der Waals surface area contributed by atoms with Gasteiger partial charge in [0.15, 0.2) is 11.6 Å². The fraction of sp³-hybridized carbons (Fsp3) is 0.316. The van der Waals surface area contributed by atoms with Gasteiger partial charge in [-0.1, -0.05) is 74.5 Å². The number of methoxy groups -OCH3 is 2. The van der Waals surface area contributed by atoms with Crippen molar-refractivity contribution in [3.8, 4) is 11.5 Å². The quantitative estimate of drug-likeness (QED) is 0.139. The number of hydrogen-bond acceptors (Lipinski definition) is 5. The van der Waals surface area contributed by atoms with Crippen LogP contribution in [0, 0.1) is 10.8 Å². The lowest BCUT2D eigenvalue weighted by molar-refractivity contribution is 0.0736. The molecule has 0 amide bonds. The van der Waals surface area contributed by atoms with Crippen molar-refractivity contribution < 1.29 is 19.1 Å². The number of Topliss-reactive ketones (excluding diaryl/α,β-unsaturated/α-hetero) is 2. The Morgan fingerprint density at radius 2 is 0.907 bits per heavy atom. The van der Waals surface area contributed by atoms with E-state index in [-0.39, 0.29) is 11.6 Å². The Labute approximate surface area is 256 Å². The highest BCUT2D eigenvalue weighted by atomic mass is 16.5. The number of ketones is 2. The Morgan fingerprint density at radius 1 is 0.558 bits per heavy atom. The van der Waals surface area contributed by atoms with Gasteiger partial charge < -0.3 is 14.8 Å². The van der Waals surface area contributed by atoms with Crippen molar-refractivity contribution in [2.24, 2.45) is 10.8 Å². The highest BCUT2D eigenvalue weighted by Crippen LogP contribution is 2.35. The van der Waals surface area contributed by atoms with E-state index in [0.29, 0.717) is 61.4 Å². The molecule has 0 saturated carbocycles. The molecule has 2 unspecified atom stereocenters. The van der Waals surface area contributed by atoms with Crippen LogP contribution in [0.2, 0.25) is 0 Å². The Bertz CT molecular complexity index is 1340. The van der Waals surface area contributed by atoms with Gasteiger partial charge in [0, 0.05) is 35.0 Å². The van der Waals surface area contributed by atoms with Crippen LogP contribution in [-0.4, -0.2) is 38.9 Å². The molecule has 0 radical (unpaired) electrons. The molecule has 1 N–H and O–H groups in total. The predicted octanol–water partition coefficient (Wildman–Crippen LogP) is 7.64. The molecular formula is C38H43NO4. The van der Waals surface area contributed by atoms with Gasteiger partial charge >= 0.3 is 0 Å². The molecular weight excluding hydrogens is 534 g/mol. The number of nitrogens with one attached hydrogen (secondary N) is 1. The lowest BCUT2D eigenvalue weighted by atomic mass is 9.71. The molecule has 43 heavy (non-hydrogen) atoms. The van der Waals surface area contributed by atoms with E-state index in [1.54, 1.807) is 14.2 Å². The van der Waals surface area contributed by atoms with Crippen molar-refractivity contribution in [2.75, 3.05) is 27.3 Å². The molecule has 0 aliphatic carbocycles. The predicted molar refractivity (Wildman–Crippen MR) is 173 cm³/mol. The molecule has 0 aliphatic heterocycles. The van der Waals surface area contributed by atoms with Crippen LogP contribution < -0.4 is 14.8 Å². The Morgan fingerprint density at radius 3 is 1.21 bits per heavy atom. The largest absolute Gasteiger partial charge is 0.497 e. The molecule has 4 aromatic carbocycles. The van der Waals surface area contributed by atoms with Crippen LogP contribution in [0.15, 0.2) is 109 Å². The number of benzene rings is 4. The second kappa shape index (κ2) is 14.8. The fourth-order valence-corrected chi connectivity index (χ4v) is 5.88. The first-order valence-electron chi connectivity index (χ1n) is 15.0. The summed E-state index contributed by atoms with van der Waals surface area (Å²) in [5.74, 6) is 1.59. The SMILES string of the molecule is CCC(CNCC(CC)(Cc1ccccc1)C(=O)c1ccc(OC)cc1)(Cc1ccccc1)C(=O)c1ccc(OC)cc1. The third-order valence-electron chi connectivity index (χ3n) is 8.72. The minimum Gasteiger partial charge on any atom is -0.497 e. The van der Waals surface area contributed by atoms with E-state index in [0.717, 1.165) is 11.1 Å². The van der Waals surface area contributed by atoms with Crippen molar-refractivity contribution in [3.63, 3.8) is 0 Å². The first-order chi connectivity index (χ1) is 20.9. The van der Waals surface area contributed by atoms with Gasteiger partial charge in [0.1, 0.15) is 11.5 Å². The summed E-state index contributed by atoms with van der Waals surface area (Å²) in [5, 5.41) is 3.66. The molecule has 0 heterocycles. The van der Waals surface area contributed by atoms with Crippen LogP contribution in [0.3, 0.4) is 0 Å². The van der Waals surface area contributed by atoms with Crippen molar-refractivity contribution in [2.45, 2.75) is 39.5 Å². The van der Waals surface area contributed by atoms with Gasteiger partial charge in [-0.25, -0.2) is 0 Å². The zero-order chi connectivity index (χ0) is 30.7. The monoisotopic (exact) mass is 577 g/mol. The van der Waals surface area contributed by atoms with Crippen LogP contribution in [0.1, 0.15) is 58.5 Å². The summed E-state index contributed by atoms with van der Waals surface area (Å²) in [4.78, 5) is 28.5. The molecule has 5 heteroatoms. The summed E-state index contributed by atoms with van der Waals surface area (Å²) in [6.07, 6.45) is 2.47. The summed E-state index contributed by atoms with van der Waals surface area (Å²) in [5.41, 5.74) is 2.11. The number of carbonyl (C=O) groups excluding carboxylic acids is 2. The molecule has 0 aromatic heterocycles. The van der Waals surface area contributed by atoms with E-state index in [1.807, 2.05) is 84.9 Å². The van der Waals surface area contributed by atoms with E-state index >= 15 is 0 Å². The molecule has 0 saturated heterocycles. The van der Waals surface area contributed by atoms with Gasteiger partial charge in [0.2, 0.25) is 0 Å². The smallest absolute Gasteiger partial charge is 0.170 e. The molecule has 0 aliphatic rings. The molecule has 224 valence electrons. The average molecular weight is 578 g/mol. The standard InChI is InChI=1S/C38H43NO4/c1-5-37(25-29-13-9-7-10-14-29,35(40)31-17-21-33(42-3)22-18-31)27-39-28-38(6-2,26-30-15-11-8-12-16-30)36(41)32-19-23-34(43-4)24-20-32/h7-24,39H,5-6,25-28H2,1-4H3. The molecule has 2 atom stereocenters. The average Bonchev–Trinajstić information content (AvgIpc) is 3.07. The second-order valence-electron chi connectivity index (χ2n) is 11.3. The number of rotatable bonds is 16. The zero-order valence-electron chi connectivity index (χ0n) is 25.8. The summed E-state index contributed by atoms with van der Waals surface area (Å²) < 4.78 is 10.7. The van der Waals surface area contributed by atoms with Gasteiger partial charge in [-0.3, -0.25) is 9.59 Å². The molecule has 5 nitrogen and oxygen atoms in total. The maximum absolute atomic E-state index is 14.3. The zero-order valence-corrected chi connectivity index (χ0v) is 25.8. The summed E-state index contributed by atoms with van der Waals surface area (Å²) in [6.45, 7) is 5.03. The minimum atomic E-state index is -0.703. The number of hydrogen-bond donors (Lipinski definition) is 1. The lowest BCUT2D eigenvalue weighted by Gasteiger charge is -2.36. The summed E-state index contributed by atoms with van der Waals surface area (Å²) in [6, 6.07) is 35.0. The van der Waals surface area contributed by atoms with E-state index in [4.69, 9.17) is 9.47 Å². The Balaban J connectivity index is 1.66. The first kappa shape index (κ1) is 31.7. The second-order valence-corrected chi connectivity index (χ2v) is 11.3. The minimum absolute atomic E-state index is 0.0839. The molecule has 0 spiro atoms. The normalized spacial score (nSPS) is 13.9. The fourth-order valence-electron chi connectivity index (χ4n) is 5.88. The molecule has 0 bridgehead atoms. The van der Waals surface area contributed by atoms with E-state index < -0.39 is 10.8 Å².